The number of carbonyl (C=O) groups is 2. The van der Waals surface area contributed by atoms with E-state index in [2.05, 4.69) is 35.1 Å². The molecule has 0 spiro atoms. The molecular weight excluding hydrogens is 328 g/mol. The van der Waals surface area contributed by atoms with Gasteiger partial charge in [0.05, 0.1) is 0 Å². The maximum absolute atomic E-state index is 11.0. The van der Waals surface area contributed by atoms with E-state index in [1.165, 1.54) is 38.5 Å². The van der Waals surface area contributed by atoms with E-state index < -0.39 is 0 Å². The predicted molar refractivity (Wildman–Crippen MR) is 107 cm³/mol. The van der Waals surface area contributed by atoms with Crippen LogP contribution in [-0.2, 0) is 0 Å². The summed E-state index contributed by atoms with van der Waals surface area (Å²) in [5.74, 6) is 1.78. The van der Waals surface area contributed by atoms with E-state index in [1.54, 1.807) is 14.1 Å². The highest BCUT2D eigenvalue weighted by atomic mass is 16.2. The Morgan fingerprint density at radius 1 is 0.654 bits per heavy atom. The third-order valence-corrected chi connectivity index (χ3v) is 5.97. The Kier molecular flexibility index (Phi) is 11.1. The summed E-state index contributed by atoms with van der Waals surface area (Å²) >= 11 is 0. The number of urea groups is 2. The fraction of sp³-hybridized carbons (Fsp3) is 0.900. The lowest BCUT2D eigenvalue weighted by atomic mass is 9.85. The molecule has 0 atom stereocenters. The van der Waals surface area contributed by atoms with Gasteiger partial charge in [-0.1, -0.05) is 26.7 Å². The summed E-state index contributed by atoms with van der Waals surface area (Å²) in [4.78, 5) is 22.0. The molecule has 4 amide bonds. The maximum Gasteiger partial charge on any atom is 0.314 e. The number of amides is 4. The van der Waals surface area contributed by atoms with Crippen molar-refractivity contribution < 1.29 is 9.59 Å². The summed E-state index contributed by atoms with van der Waals surface area (Å²) in [5, 5.41) is 11.1. The quantitative estimate of drug-likeness (QED) is 0.609. The van der Waals surface area contributed by atoms with E-state index in [9.17, 15) is 9.59 Å². The first kappa shape index (κ1) is 22.6. The summed E-state index contributed by atoms with van der Waals surface area (Å²) in [5.41, 5.74) is 0. The minimum atomic E-state index is -0.0417. The summed E-state index contributed by atoms with van der Waals surface area (Å²) < 4.78 is 0. The van der Waals surface area contributed by atoms with E-state index >= 15 is 0 Å². The molecule has 2 aliphatic carbocycles. The first-order chi connectivity index (χ1) is 12.5. The molecule has 0 heterocycles. The van der Waals surface area contributed by atoms with Crippen LogP contribution in [0.3, 0.4) is 0 Å². The molecule has 2 fully saturated rings. The molecule has 4 N–H and O–H groups in total. The van der Waals surface area contributed by atoms with Crippen molar-refractivity contribution in [1.82, 2.24) is 21.3 Å². The molecule has 0 unspecified atom stereocenters. The van der Waals surface area contributed by atoms with Crippen LogP contribution in [0.25, 0.3) is 0 Å². The second kappa shape index (κ2) is 12.8. The third kappa shape index (κ3) is 8.77. The van der Waals surface area contributed by atoms with Gasteiger partial charge in [0.15, 0.2) is 0 Å². The maximum atomic E-state index is 11.0. The number of rotatable bonds is 4. The fourth-order valence-corrected chi connectivity index (χ4v) is 3.95. The van der Waals surface area contributed by atoms with Gasteiger partial charge in [-0.05, 0) is 63.2 Å². The molecule has 2 aliphatic rings. The molecule has 0 radical (unpaired) electrons. The van der Waals surface area contributed by atoms with E-state index in [4.69, 9.17) is 0 Å². The fourth-order valence-electron chi connectivity index (χ4n) is 3.95. The van der Waals surface area contributed by atoms with E-state index in [-0.39, 0.29) is 12.1 Å². The van der Waals surface area contributed by atoms with Gasteiger partial charge in [0.1, 0.15) is 0 Å². The third-order valence-electron chi connectivity index (χ3n) is 5.97. The number of hydrogen-bond acceptors (Lipinski definition) is 2. The van der Waals surface area contributed by atoms with Gasteiger partial charge in [0.25, 0.3) is 0 Å². The minimum Gasteiger partial charge on any atom is -0.341 e. The summed E-state index contributed by atoms with van der Waals surface area (Å²) in [7, 11) is 3.32. The van der Waals surface area contributed by atoms with E-state index in [0.717, 1.165) is 37.5 Å². The number of carbonyl (C=O) groups excluding carboxylic acids is 2. The zero-order chi connectivity index (χ0) is 19.4. The Balaban J connectivity index is 0.000000260. The standard InChI is InChI=1S/2C10H20N2O/c2*1-3-8-4-6-9(7-5-8)12-10(13)11-2/h2*8-9H,3-7H2,1-2H3,(H2,11,12,13). The molecule has 0 aromatic heterocycles. The van der Waals surface area contributed by atoms with Crippen LogP contribution >= 0.6 is 0 Å². The van der Waals surface area contributed by atoms with Gasteiger partial charge >= 0.3 is 12.1 Å². The van der Waals surface area contributed by atoms with Crippen molar-refractivity contribution in [3.8, 4) is 0 Å². The molecule has 0 aromatic carbocycles. The Morgan fingerprint density at radius 3 is 1.19 bits per heavy atom. The van der Waals surface area contributed by atoms with Crippen molar-refractivity contribution in [3.63, 3.8) is 0 Å². The minimum absolute atomic E-state index is 0.0417. The molecule has 0 aromatic rings. The predicted octanol–water partition coefficient (Wildman–Crippen LogP) is 3.77. The van der Waals surface area contributed by atoms with Crippen molar-refractivity contribution in [1.29, 1.82) is 0 Å². The smallest absolute Gasteiger partial charge is 0.314 e. The highest BCUT2D eigenvalue weighted by Gasteiger charge is 2.21. The molecule has 0 aliphatic heterocycles. The number of nitrogens with one attached hydrogen (secondary N) is 4. The van der Waals surface area contributed by atoms with Gasteiger partial charge < -0.3 is 21.3 Å². The topological polar surface area (TPSA) is 82.3 Å². The van der Waals surface area contributed by atoms with Gasteiger partial charge in [-0.25, -0.2) is 9.59 Å². The van der Waals surface area contributed by atoms with Crippen molar-refractivity contribution >= 4 is 12.1 Å². The molecule has 26 heavy (non-hydrogen) atoms. The SMILES string of the molecule is CCC1CCC(NC(=O)NC)CC1.CCC1CCC(NC(=O)NC)CC1. The van der Waals surface area contributed by atoms with Crippen LogP contribution < -0.4 is 21.3 Å². The highest BCUT2D eigenvalue weighted by molar-refractivity contribution is 5.74. The Morgan fingerprint density at radius 2 is 0.962 bits per heavy atom. The van der Waals surface area contributed by atoms with Crippen LogP contribution in [0.1, 0.15) is 78.1 Å². The molecule has 2 saturated carbocycles. The summed E-state index contributed by atoms with van der Waals surface area (Å²) in [6.45, 7) is 4.49. The average molecular weight is 369 g/mol. The molecular formula is C20H40N4O2. The van der Waals surface area contributed by atoms with Crippen LogP contribution in [-0.4, -0.2) is 38.2 Å². The molecule has 6 heteroatoms. The van der Waals surface area contributed by atoms with E-state index in [0.29, 0.717) is 12.1 Å². The van der Waals surface area contributed by atoms with Gasteiger partial charge in [-0.3, -0.25) is 0 Å². The van der Waals surface area contributed by atoms with Crippen LogP contribution in [0.15, 0.2) is 0 Å². The highest BCUT2D eigenvalue weighted by Crippen LogP contribution is 2.27. The van der Waals surface area contributed by atoms with Crippen LogP contribution in [0, 0.1) is 11.8 Å². The van der Waals surface area contributed by atoms with E-state index in [1.807, 2.05) is 0 Å². The first-order valence-electron chi connectivity index (χ1n) is 10.5. The summed E-state index contributed by atoms with van der Waals surface area (Å²) in [6.07, 6.45) is 12.2. The van der Waals surface area contributed by atoms with Crippen molar-refractivity contribution in [3.05, 3.63) is 0 Å². The van der Waals surface area contributed by atoms with Crippen LogP contribution in [0.4, 0.5) is 9.59 Å². The second-order valence-corrected chi connectivity index (χ2v) is 7.70. The molecule has 0 saturated heterocycles. The van der Waals surface area contributed by atoms with Gasteiger partial charge in [0, 0.05) is 26.2 Å². The lowest BCUT2D eigenvalue weighted by Gasteiger charge is -2.28. The Labute approximate surface area is 159 Å². The lowest BCUT2D eigenvalue weighted by Crippen LogP contribution is -2.42. The van der Waals surface area contributed by atoms with Crippen molar-refractivity contribution in [2.45, 2.75) is 90.1 Å². The molecule has 0 bridgehead atoms. The Hall–Kier alpha value is -1.46. The van der Waals surface area contributed by atoms with Crippen molar-refractivity contribution in [2.75, 3.05) is 14.1 Å². The van der Waals surface area contributed by atoms with Crippen LogP contribution in [0.5, 0.6) is 0 Å². The van der Waals surface area contributed by atoms with Gasteiger partial charge in [-0.2, -0.15) is 0 Å². The molecule has 2 rings (SSSR count). The molecule has 152 valence electrons. The average Bonchev–Trinajstić information content (AvgIpc) is 2.69. The van der Waals surface area contributed by atoms with Gasteiger partial charge in [-0.15, -0.1) is 0 Å². The summed E-state index contributed by atoms with van der Waals surface area (Å²) in [6, 6.07) is 0.727. The number of hydrogen-bond donors (Lipinski definition) is 4. The zero-order valence-corrected chi connectivity index (χ0v) is 17.2. The normalized spacial score (nSPS) is 28.2. The van der Waals surface area contributed by atoms with Gasteiger partial charge in [0.2, 0.25) is 0 Å². The monoisotopic (exact) mass is 368 g/mol. The zero-order valence-electron chi connectivity index (χ0n) is 17.2. The molecule has 6 nitrogen and oxygen atoms in total. The van der Waals surface area contributed by atoms with Crippen LogP contribution in [0.2, 0.25) is 0 Å². The largest absolute Gasteiger partial charge is 0.341 e. The van der Waals surface area contributed by atoms with Crippen molar-refractivity contribution in [2.24, 2.45) is 11.8 Å². The first-order valence-corrected chi connectivity index (χ1v) is 10.5. The second-order valence-electron chi connectivity index (χ2n) is 7.70. The lowest BCUT2D eigenvalue weighted by molar-refractivity contribution is 0.227. The Bertz CT molecular complexity index is 363.